The minimum atomic E-state index is -3.77. The Balaban J connectivity index is 2.02. The SMILES string of the molecule is CC(C)(CO)COP(=O)(OCc1ccccc1)OCc1ccccc1. The van der Waals surface area contributed by atoms with Crippen LogP contribution >= 0.6 is 7.82 Å². The molecule has 0 aliphatic carbocycles. The van der Waals surface area contributed by atoms with Gasteiger partial charge in [-0.2, -0.15) is 0 Å². The van der Waals surface area contributed by atoms with E-state index in [-0.39, 0.29) is 26.4 Å². The lowest BCUT2D eigenvalue weighted by Gasteiger charge is -2.25. The number of hydrogen-bond donors (Lipinski definition) is 1. The van der Waals surface area contributed by atoms with E-state index in [2.05, 4.69) is 0 Å². The normalized spacial score (nSPS) is 12.3. The fourth-order valence-corrected chi connectivity index (χ4v) is 3.21. The van der Waals surface area contributed by atoms with Gasteiger partial charge >= 0.3 is 7.82 Å². The summed E-state index contributed by atoms with van der Waals surface area (Å²) in [6, 6.07) is 18.8. The Labute approximate surface area is 149 Å². The Bertz CT molecular complexity index is 625. The first-order chi connectivity index (χ1) is 11.9. The lowest BCUT2D eigenvalue weighted by atomic mass is 9.97. The second-order valence-electron chi connectivity index (χ2n) is 6.56. The molecule has 2 aromatic carbocycles. The molecular formula is C19H25O5P. The maximum Gasteiger partial charge on any atom is 0.475 e. The van der Waals surface area contributed by atoms with Crippen LogP contribution in [0.3, 0.4) is 0 Å². The molecule has 2 aromatic rings. The Morgan fingerprint density at radius 2 is 1.28 bits per heavy atom. The average molecular weight is 364 g/mol. The van der Waals surface area contributed by atoms with Gasteiger partial charge in [0.1, 0.15) is 0 Å². The molecule has 0 atom stereocenters. The van der Waals surface area contributed by atoms with Crippen LogP contribution in [-0.4, -0.2) is 18.3 Å². The van der Waals surface area contributed by atoms with Crippen LogP contribution in [0.15, 0.2) is 60.7 Å². The van der Waals surface area contributed by atoms with Gasteiger partial charge in [-0.05, 0) is 11.1 Å². The molecule has 0 aromatic heterocycles. The van der Waals surface area contributed by atoms with Crippen molar-refractivity contribution < 1.29 is 23.2 Å². The van der Waals surface area contributed by atoms with Crippen LogP contribution in [0.25, 0.3) is 0 Å². The zero-order valence-corrected chi connectivity index (χ0v) is 15.5. The predicted molar refractivity (Wildman–Crippen MR) is 96.9 cm³/mol. The van der Waals surface area contributed by atoms with Gasteiger partial charge in [0.05, 0.1) is 26.4 Å². The fraction of sp³-hybridized carbons (Fsp3) is 0.368. The third-order valence-electron chi connectivity index (χ3n) is 3.51. The molecule has 136 valence electrons. The lowest BCUT2D eigenvalue weighted by molar-refractivity contribution is 0.0486. The molecule has 6 heteroatoms. The summed E-state index contributed by atoms with van der Waals surface area (Å²) in [5, 5.41) is 9.36. The molecule has 25 heavy (non-hydrogen) atoms. The van der Waals surface area contributed by atoms with Gasteiger partial charge in [0.15, 0.2) is 0 Å². The molecule has 0 heterocycles. The number of phosphoric ester groups is 1. The molecule has 0 spiro atoms. The van der Waals surface area contributed by atoms with E-state index >= 15 is 0 Å². The molecule has 0 saturated heterocycles. The van der Waals surface area contributed by atoms with Crippen molar-refractivity contribution in [2.24, 2.45) is 5.41 Å². The Morgan fingerprint density at radius 3 is 1.68 bits per heavy atom. The van der Waals surface area contributed by atoms with Crippen molar-refractivity contribution in [3.05, 3.63) is 71.8 Å². The molecule has 2 rings (SSSR count). The highest BCUT2D eigenvalue weighted by Gasteiger charge is 2.30. The van der Waals surface area contributed by atoms with E-state index in [0.29, 0.717) is 0 Å². The van der Waals surface area contributed by atoms with E-state index in [1.807, 2.05) is 74.5 Å². The topological polar surface area (TPSA) is 65.0 Å². The van der Waals surface area contributed by atoms with Gasteiger partial charge in [-0.25, -0.2) is 4.57 Å². The van der Waals surface area contributed by atoms with E-state index in [1.54, 1.807) is 0 Å². The van der Waals surface area contributed by atoms with Gasteiger partial charge < -0.3 is 5.11 Å². The predicted octanol–water partition coefficient (Wildman–Crippen LogP) is 4.56. The Hall–Kier alpha value is -1.49. The van der Waals surface area contributed by atoms with Gasteiger partial charge in [0.25, 0.3) is 0 Å². The highest BCUT2D eigenvalue weighted by Crippen LogP contribution is 2.51. The minimum Gasteiger partial charge on any atom is -0.396 e. The second kappa shape index (κ2) is 9.27. The zero-order valence-electron chi connectivity index (χ0n) is 14.6. The van der Waals surface area contributed by atoms with E-state index in [1.165, 1.54) is 0 Å². The maximum atomic E-state index is 13.0. The van der Waals surface area contributed by atoms with Crippen LogP contribution < -0.4 is 0 Å². The molecule has 1 N–H and O–H groups in total. The third kappa shape index (κ3) is 7.10. The summed E-state index contributed by atoms with van der Waals surface area (Å²) in [6.07, 6.45) is 0. The largest absolute Gasteiger partial charge is 0.475 e. The van der Waals surface area contributed by atoms with Crippen molar-refractivity contribution in [2.45, 2.75) is 27.1 Å². The summed E-state index contributed by atoms with van der Waals surface area (Å²) < 4.78 is 29.5. The monoisotopic (exact) mass is 364 g/mol. The summed E-state index contributed by atoms with van der Waals surface area (Å²) in [7, 11) is -3.77. The molecule has 0 amide bonds. The Morgan fingerprint density at radius 1 is 0.840 bits per heavy atom. The highest BCUT2D eigenvalue weighted by molar-refractivity contribution is 7.48. The zero-order chi connectivity index (χ0) is 18.2. The van der Waals surface area contributed by atoms with Crippen LogP contribution in [0.1, 0.15) is 25.0 Å². The van der Waals surface area contributed by atoms with E-state index < -0.39 is 13.2 Å². The summed E-state index contributed by atoms with van der Waals surface area (Å²) in [5.74, 6) is 0. The first kappa shape index (κ1) is 19.8. The molecular weight excluding hydrogens is 339 g/mol. The minimum absolute atomic E-state index is 0.0599. The van der Waals surface area contributed by atoms with E-state index in [4.69, 9.17) is 13.6 Å². The third-order valence-corrected chi connectivity index (χ3v) is 4.84. The highest BCUT2D eigenvalue weighted by atomic mass is 31.2. The van der Waals surface area contributed by atoms with Gasteiger partial charge in [-0.15, -0.1) is 0 Å². The number of phosphoric acid groups is 1. The van der Waals surface area contributed by atoms with E-state index in [0.717, 1.165) is 11.1 Å². The average Bonchev–Trinajstić information content (AvgIpc) is 2.65. The lowest BCUT2D eigenvalue weighted by Crippen LogP contribution is -2.23. The van der Waals surface area contributed by atoms with Gasteiger partial charge in [-0.1, -0.05) is 74.5 Å². The number of aliphatic hydroxyl groups is 1. The number of aliphatic hydroxyl groups excluding tert-OH is 1. The molecule has 0 unspecified atom stereocenters. The van der Waals surface area contributed by atoms with Crippen molar-refractivity contribution >= 4 is 7.82 Å². The number of hydrogen-bond acceptors (Lipinski definition) is 5. The second-order valence-corrected chi connectivity index (χ2v) is 8.23. The van der Waals surface area contributed by atoms with Crippen LogP contribution in [-0.2, 0) is 31.4 Å². The summed E-state index contributed by atoms with van der Waals surface area (Å²) >= 11 is 0. The van der Waals surface area contributed by atoms with Crippen LogP contribution in [0, 0.1) is 5.41 Å². The van der Waals surface area contributed by atoms with Crippen molar-refractivity contribution in [3.63, 3.8) is 0 Å². The van der Waals surface area contributed by atoms with Crippen molar-refractivity contribution in [1.29, 1.82) is 0 Å². The summed E-state index contributed by atoms with van der Waals surface area (Å²) in [6.45, 7) is 3.82. The Kier molecular flexibility index (Phi) is 7.36. The molecule has 0 radical (unpaired) electrons. The molecule has 5 nitrogen and oxygen atoms in total. The van der Waals surface area contributed by atoms with Crippen molar-refractivity contribution in [2.75, 3.05) is 13.2 Å². The quantitative estimate of drug-likeness (QED) is 0.626. The van der Waals surface area contributed by atoms with Gasteiger partial charge in [0, 0.05) is 5.41 Å². The standard InChI is InChI=1S/C19H25O5P/c1-19(2,15-20)16-24-25(21,22-13-17-9-5-3-6-10-17)23-14-18-11-7-4-8-12-18/h3-12,20H,13-16H2,1-2H3. The van der Waals surface area contributed by atoms with Crippen LogP contribution in [0.4, 0.5) is 0 Å². The van der Waals surface area contributed by atoms with E-state index in [9.17, 15) is 9.67 Å². The molecule has 0 aliphatic rings. The maximum absolute atomic E-state index is 13.0. The van der Waals surface area contributed by atoms with Gasteiger partial charge in [0.2, 0.25) is 0 Å². The number of rotatable bonds is 10. The fourth-order valence-electron chi connectivity index (χ4n) is 1.87. The molecule has 0 fully saturated rings. The van der Waals surface area contributed by atoms with Crippen molar-refractivity contribution in [1.82, 2.24) is 0 Å². The van der Waals surface area contributed by atoms with Crippen LogP contribution in [0.5, 0.6) is 0 Å². The molecule has 0 aliphatic heterocycles. The molecule has 0 bridgehead atoms. The van der Waals surface area contributed by atoms with Gasteiger partial charge in [-0.3, -0.25) is 13.6 Å². The smallest absolute Gasteiger partial charge is 0.396 e. The van der Waals surface area contributed by atoms with Crippen LogP contribution in [0.2, 0.25) is 0 Å². The molecule has 0 saturated carbocycles. The summed E-state index contributed by atoms with van der Waals surface area (Å²) in [5.41, 5.74) is 1.20. The van der Waals surface area contributed by atoms with Crippen molar-refractivity contribution in [3.8, 4) is 0 Å². The number of benzene rings is 2. The first-order valence-electron chi connectivity index (χ1n) is 8.15. The first-order valence-corrected chi connectivity index (χ1v) is 9.61. The summed E-state index contributed by atoms with van der Waals surface area (Å²) in [4.78, 5) is 0.